The van der Waals surface area contributed by atoms with Gasteiger partial charge in [-0.1, -0.05) is 0 Å². The van der Waals surface area contributed by atoms with E-state index in [1.165, 1.54) is 24.2 Å². The van der Waals surface area contributed by atoms with E-state index in [2.05, 4.69) is 38.0 Å². The standard InChI is InChI=1S/C12H18F3N9O2S/c1-23(11(17)22-24(25)26)5-3-7(27)9-18-4-2-8(20-9)21-10(16)19-6-12(13,14)15/h2,4,7,27H,3,5-6H2,1H3,(H2,17,22)(H3,16,18,19,20,21). The van der Waals surface area contributed by atoms with Gasteiger partial charge in [0.2, 0.25) is 0 Å². The monoisotopic (exact) mass is 409 g/mol. The van der Waals surface area contributed by atoms with Crippen molar-refractivity contribution in [1.82, 2.24) is 14.9 Å². The van der Waals surface area contributed by atoms with Crippen LogP contribution in [-0.2, 0) is 0 Å². The molecule has 1 aromatic rings. The fourth-order valence-corrected chi connectivity index (χ4v) is 1.91. The van der Waals surface area contributed by atoms with Crippen molar-refractivity contribution in [2.24, 2.45) is 21.6 Å². The normalized spacial score (nSPS) is 14.0. The van der Waals surface area contributed by atoms with E-state index in [9.17, 15) is 23.3 Å². The lowest BCUT2D eigenvalue weighted by Crippen LogP contribution is -2.35. The zero-order valence-corrected chi connectivity index (χ0v) is 15.0. The number of halogens is 3. The highest BCUT2D eigenvalue weighted by Gasteiger charge is 2.26. The first-order valence-electron chi connectivity index (χ1n) is 7.32. The lowest BCUT2D eigenvalue weighted by Gasteiger charge is -2.18. The van der Waals surface area contributed by atoms with Gasteiger partial charge in [0.15, 0.2) is 11.0 Å². The average Bonchev–Trinajstić information content (AvgIpc) is 2.56. The van der Waals surface area contributed by atoms with Crippen LogP contribution in [0.5, 0.6) is 0 Å². The molecule has 150 valence electrons. The van der Waals surface area contributed by atoms with Gasteiger partial charge in [0.05, 0.1) is 5.25 Å². The summed E-state index contributed by atoms with van der Waals surface area (Å²) in [6, 6.07) is 1.40. The van der Waals surface area contributed by atoms with Gasteiger partial charge in [-0.05, 0) is 12.5 Å². The van der Waals surface area contributed by atoms with E-state index in [1.54, 1.807) is 0 Å². The number of aliphatic imine (C=N–C) groups is 1. The summed E-state index contributed by atoms with van der Waals surface area (Å²) in [6.07, 6.45) is -2.74. The second-order valence-corrected chi connectivity index (χ2v) is 5.79. The van der Waals surface area contributed by atoms with Crippen molar-refractivity contribution in [3.63, 3.8) is 0 Å². The third-order valence-corrected chi connectivity index (χ3v) is 3.46. The largest absolute Gasteiger partial charge is 0.408 e. The molecule has 0 amide bonds. The third-order valence-electron chi connectivity index (χ3n) is 2.97. The Morgan fingerprint density at radius 1 is 1.52 bits per heavy atom. The Morgan fingerprint density at radius 2 is 2.19 bits per heavy atom. The van der Waals surface area contributed by atoms with E-state index >= 15 is 0 Å². The maximum atomic E-state index is 12.1. The molecule has 0 saturated heterocycles. The van der Waals surface area contributed by atoms with Crippen molar-refractivity contribution in [3.8, 4) is 0 Å². The van der Waals surface area contributed by atoms with Crippen LogP contribution in [0.15, 0.2) is 22.4 Å². The smallest absolute Gasteiger partial charge is 0.370 e. The summed E-state index contributed by atoms with van der Waals surface area (Å²) in [6.45, 7) is -1.15. The van der Waals surface area contributed by atoms with Crippen LogP contribution < -0.4 is 16.8 Å². The quantitative estimate of drug-likeness (QED) is 0.167. The minimum Gasteiger partial charge on any atom is -0.370 e. The van der Waals surface area contributed by atoms with Crippen LogP contribution in [0.4, 0.5) is 19.0 Å². The van der Waals surface area contributed by atoms with Crippen LogP contribution in [0.1, 0.15) is 17.5 Å². The third kappa shape index (κ3) is 8.89. The Kier molecular flexibility index (Phi) is 8.01. The second kappa shape index (κ2) is 9.75. The number of anilines is 1. The molecule has 15 heteroatoms. The topological polar surface area (TPSA) is 161 Å². The molecule has 0 aliphatic rings. The number of hydrogen-bond acceptors (Lipinski definition) is 6. The maximum Gasteiger partial charge on any atom is 0.408 e. The number of aromatic nitrogens is 2. The number of rotatable bonds is 7. The van der Waals surface area contributed by atoms with Gasteiger partial charge in [0.25, 0.3) is 5.96 Å². The summed E-state index contributed by atoms with van der Waals surface area (Å²) in [5.41, 5.74) is 10.8. The van der Waals surface area contributed by atoms with E-state index in [1.807, 2.05) is 0 Å². The Hall–Kier alpha value is -2.84. The molecule has 27 heavy (non-hydrogen) atoms. The number of nitrogens with one attached hydrogen (secondary N) is 1. The van der Waals surface area contributed by atoms with E-state index in [0.717, 1.165) is 0 Å². The van der Waals surface area contributed by atoms with E-state index in [4.69, 9.17) is 11.5 Å². The molecule has 0 aliphatic carbocycles. The van der Waals surface area contributed by atoms with Crippen LogP contribution in [0.2, 0.25) is 0 Å². The van der Waals surface area contributed by atoms with Crippen molar-refractivity contribution in [3.05, 3.63) is 28.2 Å². The summed E-state index contributed by atoms with van der Waals surface area (Å²) in [4.78, 5) is 22.9. The Labute approximate surface area is 157 Å². The number of hydrazone groups is 1. The average molecular weight is 409 g/mol. The second-order valence-electron chi connectivity index (χ2n) is 5.16. The summed E-state index contributed by atoms with van der Waals surface area (Å²) < 4.78 is 36.3. The first-order valence-corrected chi connectivity index (χ1v) is 7.84. The zero-order valence-electron chi connectivity index (χ0n) is 14.1. The molecular weight excluding hydrogens is 391 g/mol. The van der Waals surface area contributed by atoms with Gasteiger partial charge in [-0.3, -0.25) is 0 Å². The number of alkyl halides is 3. The van der Waals surface area contributed by atoms with Gasteiger partial charge in [0, 0.05) is 19.8 Å². The lowest BCUT2D eigenvalue weighted by molar-refractivity contribution is -0.485. The molecule has 0 fully saturated rings. The fraction of sp³-hybridized carbons (Fsp3) is 0.500. The molecule has 11 nitrogen and oxygen atoms in total. The first kappa shape index (κ1) is 22.2. The molecule has 0 radical (unpaired) electrons. The van der Waals surface area contributed by atoms with Gasteiger partial charge in [-0.2, -0.15) is 25.8 Å². The van der Waals surface area contributed by atoms with E-state index in [0.29, 0.717) is 6.42 Å². The SMILES string of the molecule is CN(CCC(S)c1nccc(NC(N)=NCC(F)(F)F)n1)C(N)=N[N+](=O)[O-]. The van der Waals surface area contributed by atoms with Crippen molar-refractivity contribution in [1.29, 1.82) is 0 Å². The molecule has 0 aromatic carbocycles. The molecule has 1 heterocycles. The van der Waals surface area contributed by atoms with Crippen LogP contribution in [-0.4, -0.2) is 58.1 Å². The lowest BCUT2D eigenvalue weighted by atomic mass is 10.2. The Morgan fingerprint density at radius 3 is 2.78 bits per heavy atom. The van der Waals surface area contributed by atoms with E-state index < -0.39 is 29.0 Å². The number of hydrogen-bond donors (Lipinski definition) is 4. The van der Waals surface area contributed by atoms with Gasteiger partial charge < -0.3 is 21.7 Å². The summed E-state index contributed by atoms with van der Waals surface area (Å²) in [5, 5.41) is 14.3. The Balaban J connectivity index is 2.68. The fourth-order valence-electron chi connectivity index (χ4n) is 1.67. The number of nitrogens with two attached hydrogens (primary N) is 2. The predicted octanol–water partition coefficient (Wildman–Crippen LogP) is 0.565. The highest BCUT2D eigenvalue weighted by Crippen LogP contribution is 2.21. The highest BCUT2D eigenvalue weighted by molar-refractivity contribution is 7.80. The molecule has 1 unspecified atom stereocenters. The van der Waals surface area contributed by atoms with Crippen LogP contribution in [0, 0.1) is 10.1 Å². The molecule has 1 aromatic heterocycles. The number of guanidine groups is 2. The number of nitrogens with zero attached hydrogens (tertiary/aromatic N) is 6. The van der Waals surface area contributed by atoms with Gasteiger partial charge in [-0.15, -0.1) is 0 Å². The minimum atomic E-state index is -4.47. The molecule has 1 atom stereocenters. The highest BCUT2D eigenvalue weighted by atomic mass is 32.1. The van der Waals surface area contributed by atoms with Gasteiger partial charge in [-0.25, -0.2) is 25.1 Å². The van der Waals surface area contributed by atoms with Gasteiger partial charge >= 0.3 is 6.18 Å². The predicted molar refractivity (Wildman–Crippen MR) is 95.8 cm³/mol. The molecule has 0 saturated carbocycles. The van der Waals surface area contributed by atoms with Crippen LogP contribution >= 0.6 is 12.6 Å². The van der Waals surface area contributed by atoms with Crippen molar-refractivity contribution in [2.45, 2.75) is 17.8 Å². The summed E-state index contributed by atoms with van der Waals surface area (Å²) in [7, 11) is 1.51. The number of thiol groups is 1. The Bertz CT molecular complexity index is 714. The van der Waals surface area contributed by atoms with Crippen molar-refractivity contribution >= 4 is 30.4 Å². The summed E-state index contributed by atoms with van der Waals surface area (Å²) in [5.74, 6) is -0.308. The molecule has 5 N–H and O–H groups in total. The number of nitro groups is 1. The van der Waals surface area contributed by atoms with E-state index in [-0.39, 0.29) is 24.1 Å². The summed E-state index contributed by atoms with van der Waals surface area (Å²) >= 11 is 4.35. The van der Waals surface area contributed by atoms with Crippen molar-refractivity contribution < 1.29 is 18.2 Å². The van der Waals surface area contributed by atoms with Crippen LogP contribution in [0.25, 0.3) is 0 Å². The molecule has 0 spiro atoms. The molecular formula is C12H18F3N9O2S. The molecule has 0 aliphatic heterocycles. The zero-order chi connectivity index (χ0) is 20.6. The molecule has 0 bridgehead atoms. The minimum absolute atomic E-state index is 0.144. The molecule has 1 rings (SSSR count). The first-order chi connectivity index (χ1) is 12.5. The van der Waals surface area contributed by atoms with Crippen LogP contribution in [0.3, 0.4) is 0 Å². The van der Waals surface area contributed by atoms with Crippen molar-refractivity contribution in [2.75, 3.05) is 25.5 Å². The van der Waals surface area contributed by atoms with Gasteiger partial charge in [0.1, 0.15) is 23.3 Å². The maximum absolute atomic E-state index is 12.1.